The number of anilines is 2. The number of nitrogens with one attached hydrogen (secondary N) is 1. The van der Waals surface area contributed by atoms with E-state index in [-0.39, 0.29) is 11.3 Å². The van der Waals surface area contributed by atoms with Crippen LogP contribution in [0.1, 0.15) is 5.56 Å². The van der Waals surface area contributed by atoms with Gasteiger partial charge in [-0.05, 0) is 35.9 Å². The summed E-state index contributed by atoms with van der Waals surface area (Å²) >= 11 is 0. The van der Waals surface area contributed by atoms with Crippen molar-refractivity contribution in [1.29, 1.82) is 0 Å². The number of imide groups is 2. The zero-order chi connectivity index (χ0) is 21.1. The Hall–Kier alpha value is -3.81. The molecule has 0 bridgehead atoms. The van der Waals surface area contributed by atoms with E-state index in [0.29, 0.717) is 17.1 Å². The molecule has 1 heterocycles. The second kappa shape index (κ2) is 8.05. The molecule has 0 radical (unpaired) electrons. The summed E-state index contributed by atoms with van der Waals surface area (Å²) in [6.07, 6.45) is 1.45. The lowest BCUT2D eigenvalue weighted by molar-refractivity contribution is -0.122. The molecule has 3 rings (SSSR count). The topological polar surface area (TPSA) is 88.2 Å². The Morgan fingerprint density at radius 2 is 1.66 bits per heavy atom. The van der Waals surface area contributed by atoms with Gasteiger partial charge in [-0.15, -0.1) is 0 Å². The van der Waals surface area contributed by atoms with Crippen molar-refractivity contribution >= 4 is 35.3 Å². The maximum absolute atomic E-state index is 13.1. The van der Waals surface area contributed by atoms with E-state index in [2.05, 4.69) is 5.32 Å². The average molecular weight is 395 g/mol. The van der Waals surface area contributed by atoms with E-state index in [0.717, 1.165) is 10.6 Å². The third-order valence-corrected chi connectivity index (χ3v) is 4.45. The second-order valence-electron chi connectivity index (χ2n) is 6.48. The highest BCUT2D eigenvalue weighted by Crippen LogP contribution is 2.34. The maximum Gasteiger partial charge on any atom is 0.336 e. The van der Waals surface area contributed by atoms with Crippen LogP contribution in [0.25, 0.3) is 6.08 Å². The molecular weight excluding hydrogens is 374 g/mol. The number of benzene rings is 2. The van der Waals surface area contributed by atoms with Gasteiger partial charge in [-0.25, -0.2) is 9.69 Å². The van der Waals surface area contributed by atoms with Gasteiger partial charge in [0, 0.05) is 25.8 Å². The predicted molar refractivity (Wildman–Crippen MR) is 109 cm³/mol. The minimum atomic E-state index is -0.855. The van der Waals surface area contributed by atoms with Crippen LogP contribution in [0.15, 0.2) is 48.0 Å². The Balaban J connectivity index is 2.02. The van der Waals surface area contributed by atoms with Crippen molar-refractivity contribution in [3.05, 3.63) is 53.6 Å². The zero-order valence-electron chi connectivity index (χ0n) is 16.6. The van der Waals surface area contributed by atoms with Crippen LogP contribution >= 0.6 is 0 Å². The third-order valence-electron chi connectivity index (χ3n) is 4.45. The quantitative estimate of drug-likeness (QED) is 0.618. The van der Waals surface area contributed by atoms with Gasteiger partial charge in [0.25, 0.3) is 11.8 Å². The number of carbonyl (C=O) groups is 3. The molecule has 2 aromatic rings. The van der Waals surface area contributed by atoms with Gasteiger partial charge in [-0.2, -0.15) is 0 Å². The molecule has 2 aromatic carbocycles. The van der Waals surface area contributed by atoms with E-state index in [4.69, 9.17) is 9.47 Å². The average Bonchev–Trinajstić information content (AvgIpc) is 2.71. The highest BCUT2D eigenvalue weighted by atomic mass is 16.5. The van der Waals surface area contributed by atoms with Crippen molar-refractivity contribution in [2.24, 2.45) is 0 Å². The third kappa shape index (κ3) is 3.91. The molecule has 150 valence electrons. The van der Waals surface area contributed by atoms with Crippen molar-refractivity contribution in [3.8, 4) is 11.5 Å². The maximum atomic E-state index is 13.1. The van der Waals surface area contributed by atoms with Gasteiger partial charge >= 0.3 is 6.03 Å². The first-order valence-corrected chi connectivity index (χ1v) is 8.76. The molecule has 8 heteroatoms. The van der Waals surface area contributed by atoms with Gasteiger partial charge in [0.05, 0.1) is 19.9 Å². The molecule has 8 nitrogen and oxygen atoms in total. The fourth-order valence-corrected chi connectivity index (χ4v) is 2.88. The van der Waals surface area contributed by atoms with Crippen molar-refractivity contribution in [2.45, 2.75) is 0 Å². The second-order valence-corrected chi connectivity index (χ2v) is 6.48. The van der Waals surface area contributed by atoms with Crippen molar-refractivity contribution in [1.82, 2.24) is 5.32 Å². The minimum absolute atomic E-state index is 0.160. The molecule has 29 heavy (non-hydrogen) atoms. The van der Waals surface area contributed by atoms with Crippen LogP contribution in [-0.2, 0) is 9.59 Å². The summed E-state index contributed by atoms with van der Waals surface area (Å²) in [6, 6.07) is 11.2. The Morgan fingerprint density at radius 1 is 0.966 bits per heavy atom. The number of carbonyl (C=O) groups excluding carboxylic acids is 3. The van der Waals surface area contributed by atoms with Crippen LogP contribution in [0.4, 0.5) is 16.2 Å². The predicted octanol–water partition coefficient (Wildman–Crippen LogP) is 2.44. The van der Waals surface area contributed by atoms with Gasteiger partial charge in [0.2, 0.25) is 0 Å². The van der Waals surface area contributed by atoms with Crippen molar-refractivity contribution < 1.29 is 23.9 Å². The highest BCUT2D eigenvalue weighted by molar-refractivity contribution is 6.39. The Kier molecular flexibility index (Phi) is 5.54. The highest BCUT2D eigenvalue weighted by Gasteiger charge is 2.38. The fraction of sp³-hybridized carbons (Fsp3) is 0.190. The first kappa shape index (κ1) is 19.9. The van der Waals surface area contributed by atoms with E-state index < -0.39 is 17.8 Å². The summed E-state index contributed by atoms with van der Waals surface area (Å²) in [5.74, 6) is -0.779. The molecule has 1 aliphatic heterocycles. The molecule has 0 atom stereocenters. The van der Waals surface area contributed by atoms with Gasteiger partial charge in [0.15, 0.2) is 0 Å². The van der Waals surface area contributed by atoms with Crippen LogP contribution in [0.3, 0.4) is 0 Å². The number of urea groups is 1. The SMILES string of the molecule is COc1ccc(OC)c(N2C(=O)NC(=O)/C(=C/c3ccc(N(C)C)cc3)C2=O)c1. The Labute approximate surface area is 168 Å². The van der Waals surface area contributed by atoms with Gasteiger partial charge < -0.3 is 14.4 Å². The van der Waals surface area contributed by atoms with Crippen LogP contribution in [-0.4, -0.2) is 46.2 Å². The van der Waals surface area contributed by atoms with Gasteiger partial charge in [-0.1, -0.05) is 12.1 Å². The Bertz CT molecular complexity index is 996. The van der Waals surface area contributed by atoms with E-state index in [1.54, 1.807) is 24.3 Å². The van der Waals surface area contributed by atoms with Gasteiger partial charge in [-0.3, -0.25) is 14.9 Å². The molecular formula is C21H21N3O5. The summed E-state index contributed by atoms with van der Waals surface area (Å²) in [4.78, 5) is 40.6. The normalized spacial score (nSPS) is 15.4. The number of hydrogen-bond donors (Lipinski definition) is 1. The summed E-state index contributed by atoms with van der Waals surface area (Å²) in [6.45, 7) is 0. The number of amides is 4. The number of ether oxygens (including phenoxy) is 2. The summed E-state index contributed by atoms with van der Waals surface area (Å²) in [5.41, 5.74) is 1.65. The molecule has 4 amide bonds. The molecule has 1 N–H and O–H groups in total. The zero-order valence-corrected chi connectivity index (χ0v) is 16.6. The lowest BCUT2D eigenvalue weighted by Crippen LogP contribution is -2.54. The Morgan fingerprint density at radius 3 is 2.24 bits per heavy atom. The number of barbiturate groups is 1. The molecule has 0 aliphatic carbocycles. The number of rotatable bonds is 5. The standard InChI is InChI=1S/C21H21N3O5/c1-23(2)14-7-5-13(6-8-14)11-16-19(25)22-21(27)24(20(16)26)17-12-15(28-3)9-10-18(17)29-4/h5-12H,1-4H3,(H,22,25,27)/b16-11-. The molecule has 0 unspecified atom stereocenters. The van der Waals surface area contributed by atoms with Crippen LogP contribution in [0.2, 0.25) is 0 Å². The summed E-state index contributed by atoms with van der Waals surface area (Å²) < 4.78 is 10.5. The first-order valence-electron chi connectivity index (χ1n) is 8.76. The first-order chi connectivity index (χ1) is 13.8. The smallest absolute Gasteiger partial charge is 0.336 e. The number of methoxy groups -OCH3 is 2. The molecule has 1 saturated heterocycles. The molecule has 1 aliphatic rings. The monoisotopic (exact) mass is 395 g/mol. The molecule has 1 fully saturated rings. The fourth-order valence-electron chi connectivity index (χ4n) is 2.88. The molecule has 0 spiro atoms. The van der Waals surface area contributed by atoms with E-state index >= 15 is 0 Å². The largest absolute Gasteiger partial charge is 0.497 e. The van der Waals surface area contributed by atoms with Crippen LogP contribution in [0.5, 0.6) is 11.5 Å². The molecule has 0 saturated carbocycles. The molecule has 0 aromatic heterocycles. The minimum Gasteiger partial charge on any atom is -0.497 e. The van der Waals surface area contributed by atoms with Gasteiger partial charge in [0.1, 0.15) is 17.1 Å². The van der Waals surface area contributed by atoms with Crippen LogP contribution < -0.4 is 24.6 Å². The van der Waals surface area contributed by atoms with Crippen molar-refractivity contribution in [3.63, 3.8) is 0 Å². The number of hydrogen-bond acceptors (Lipinski definition) is 6. The summed E-state index contributed by atoms with van der Waals surface area (Å²) in [7, 11) is 6.72. The van der Waals surface area contributed by atoms with Crippen molar-refractivity contribution in [2.75, 3.05) is 38.1 Å². The van der Waals surface area contributed by atoms with Crippen LogP contribution in [0, 0.1) is 0 Å². The van der Waals surface area contributed by atoms with E-state index in [1.165, 1.54) is 26.4 Å². The van der Waals surface area contributed by atoms with E-state index in [1.807, 2.05) is 31.1 Å². The lowest BCUT2D eigenvalue weighted by atomic mass is 10.1. The lowest BCUT2D eigenvalue weighted by Gasteiger charge is -2.27. The summed E-state index contributed by atoms with van der Waals surface area (Å²) in [5, 5.41) is 2.20. The van der Waals surface area contributed by atoms with E-state index in [9.17, 15) is 14.4 Å². The number of nitrogens with zero attached hydrogens (tertiary/aromatic N) is 2.